The average Bonchev–Trinajstić information content (AvgIpc) is 3.16. The van der Waals surface area contributed by atoms with Gasteiger partial charge in [0.15, 0.2) is 11.7 Å². The Bertz CT molecular complexity index is 721. The quantitative estimate of drug-likeness (QED) is 0.765. The summed E-state index contributed by atoms with van der Waals surface area (Å²) < 4.78 is 31.0. The van der Waals surface area contributed by atoms with E-state index in [9.17, 15) is 9.18 Å². The molecule has 2 aromatic carbocycles. The Morgan fingerprint density at radius 3 is 2.17 bits per heavy atom. The van der Waals surface area contributed by atoms with Crippen molar-refractivity contribution in [2.24, 2.45) is 0 Å². The van der Waals surface area contributed by atoms with Gasteiger partial charge in [0, 0.05) is 0 Å². The minimum Gasteiger partial charge on any atom is -0.454 e. The van der Waals surface area contributed by atoms with Crippen molar-refractivity contribution in [2.45, 2.75) is 37.2 Å². The molecular weight excluding hydrogens is 311 g/mol. The highest BCUT2D eigenvalue weighted by atomic mass is 19.1. The maximum absolute atomic E-state index is 14.4. The normalized spacial score (nSPS) is 30.7. The number of carbonyl (C=O) groups is 1. The van der Waals surface area contributed by atoms with Crippen molar-refractivity contribution in [3.63, 3.8) is 0 Å². The first kappa shape index (κ1) is 15.3. The maximum Gasteiger partial charge on any atom is 0.344 e. The number of esters is 1. The number of benzene rings is 2. The molecule has 1 saturated carbocycles. The van der Waals surface area contributed by atoms with Gasteiger partial charge in [0.1, 0.15) is 6.10 Å². The highest BCUT2D eigenvalue weighted by Gasteiger charge is 2.81. The summed E-state index contributed by atoms with van der Waals surface area (Å²) in [6.45, 7) is 0.530. The third-order valence-electron chi connectivity index (χ3n) is 4.51. The highest BCUT2D eigenvalue weighted by molar-refractivity contribution is 5.82. The Hall–Kier alpha value is -2.24. The highest BCUT2D eigenvalue weighted by Crippen LogP contribution is 2.55. The van der Waals surface area contributed by atoms with Crippen LogP contribution in [-0.4, -0.2) is 29.9 Å². The molecule has 2 aromatic rings. The summed E-state index contributed by atoms with van der Waals surface area (Å²) >= 11 is 0. The van der Waals surface area contributed by atoms with E-state index in [2.05, 4.69) is 0 Å². The van der Waals surface area contributed by atoms with Crippen LogP contribution in [0.3, 0.4) is 0 Å². The Balaban J connectivity index is 1.44. The van der Waals surface area contributed by atoms with Gasteiger partial charge in [0.25, 0.3) is 0 Å². The van der Waals surface area contributed by atoms with E-state index >= 15 is 0 Å². The van der Waals surface area contributed by atoms with Crippen LogP contribution in [0, 0.1) is 0 Å². The minimum atomic E-state index is -1.81. The summed E-state index contributed by atoms with van der Waals surface area (Å²) in [6, 6.07) is 19.0. The standard InChI is InChI=1S/C19H17FO4/c20-15-18(21)24-17-16(22-11-13-7-3-1-4-8-13)19(15,17)23-12-14-9-5-2-6-10-14/h1-10,15-17H,11-12H2/t15-,16?,17+,19+/m0/s1. The van der Waals surface area contributed by atoms with Gasteiger partial charge in [-0.15, -0.1) is 0 Å². The second-order valence-corrected chi connectivity index (χ2v) is 6.07. The summed E-state index contributed by atoms with van der Waals surface area (Å²) in [6.07, 6.45) is -3.06. The van der Waals surface area contributed by atoms with E-state index in [0.717, 1.165) is 11.1 Å². The molecule has 1 unspecified atom stereocenters. The first-order valence-corrected chi connectivity index (χ1v) is 7.90. The van der Waals surface area contributed by atoms with Crippen molar-refractivity contribution >= 4 is 5.97 Å². The lowest BCUT2D eigenvalue weighted by molar-refractivity contribution is -0.152. The monoisotopic (exact) mass is 328 g/mol. The van der Waals surface area contributed by atoms with Gasteiger partial charge in [-0.1, -0.05) is 60.7 Å². The number of hydrogen-bond donors (Lipinski definition) is 0. The van der Waals surface area contributed by atoms with Crippen LogP contribution in [0.25, 0.3) is 0 Å². The smallest absolute Gasteiger partial charge is 0.344 e. The second kappa shape index (κ2) is 6.00. The molecule has 1 saturated heterocycles. The van der Waals surface area contributed by atoms with Crippen LogP contribution in [0.15, 0.2) is 60.7 Å². The van der Waals surface area contributed by atoms with Crippen LogP contribution >= 0.6 is 0 Å². The predicted octanol–water partition coefficient (Wildman–Crippen LogP) is 2.80. The zero-order chi connectivity index (χ0) is 16.6. The number of hydrogen-bond acceptors (Lipinski definition) is 4. The summed E-state index contributed by atoms with van der Waals surface area (Å²) in [5, 5.41) is 0. The van der Waals surface area contributed by atoms with Gasteiger partial charge in [-0.3, -0.25) is 0 Å². The number of alkyl halides is 1. The number of halogens is 1. The molecule has 0 aromatic heterocycles. The van der Waals surface area contributed by atoms with Crippen molar-refractivity contribution in [2.75, 3.05) is 0 Å². The van der Waals surface area contributed by atoms with E-state index in [1.165, 1.54) is 0 Å². The van der Waals surface area contributed by atoms with Crippen LogP contribution in [0.5, 0.6) is 0 Å². The molecule has 0 spiro atoms. The van der Waals surface area contributed by atoms with Gasteiger partial charge in [0.05, 0.1) is 13.2 Å². The van der Waals surface area contributed by atoms with Crippen LogP contribution in [0.2, 0.25) is 0 Å². The van der Waals surface area contributed by atoms with Gasteiger partial charge in [-0.05, 0) is 11.1 Å². The Morgan fingerprint density at radius 2 is 1.54 bits per heavy atom. The van der Waals surface area contributed by atoms with Crippen molar-refractivity contribution in [1.82, 2.24) is 0 Å². The van der Waals surface area contributed by atoms with Gasteiger partial charge < -0.3 is 14.2 Å². The zero-order valence-corrected chi connectivity index (χ0v) is 12.9. The van der Waals surface area contributed by atoms with Gasteiger partial charge in [-0.25, -0.2) is 9.18 Å². The summed E-state index contributed by atoms with van der Waals surface area (Å²) in [4.78, 5) is 11.5. The fourth-order valence-corrected chi connectivity index (χ4v) is 3.13. The lowest BCUT2D eigenvalue weighted by Crippen LogP contribution is -2.35. The third kappa shape index (κ3) is 2.50. The summed E-state index contributed by atoms with van der Waals surface area (Å²) in [5.41, 5.74) is 0.565. The van der Waals surface area contributed by atoms with Gasteiger partial charge >= 0.3 is 5.97 Å². The molecule has 0 N–H and O–H groups in total. The van der Waals surface area contributed by atoms with Crippen molar-refractivity contribution < 1.29 is 23.4 Å². The average molecular weight is 328 g/mol. The van der Waals surface area contributed by atoms with E-state index in [0.29, 0.717) is 6.61 Å². The van der Waals surface area contributed by atoms with E-state index < -0.39 is 29.9 Å². The van der Waals surface area contributed by atoms with E-state index in [1.54, 1.807) is 0 Å². The lowest BCUT2D eigenvalue weighted by Gasteiger charge is -2.17. The van der Waals surface area contributed by atoms with Crippen LogP contribution in [-0.2, 0) is 32.2 Å². The Kier molecular flexibility index (Phi) is 3.82. The first-order valence-electron chi connectivity index (χ1n) is 7.90. The molecule has 1 aliphatic carbocycles. The SMILES string of the molecule is O=C1O[C@@H]2C(OCc3ccccc3)[C@]2(OCc2ccccc2)[C@H]1F. The van der Waals surface area contributed by atoms with Crippen LogP contribution < -0.4 is 0 Å². The first-order chi connectivity index (χ1) is 11.7. The Labute approximate surface area is 139 Å². The summed E-state index contributed by atoms with van der Waals surface area (Å²) in [7, 11) is 0. The topological polar surface area (TPSA) is 44.8 Å². The molecule has 24 heavy (non-hydrogen) atoms. The zero-order valence-electron chi connectivity index (χ0n) is 12.9. The number of carbonyl (C=O) groups excluding carboxylic acids is 1. The molecular formula is C19H17FO4. The molecule has 0 bridgehead atoms. The lowest BCUT2D eigenvalue weighted by atomic mass is 10.2. The molecule has 5 heteroatoms. The largest absolute Gasteiger partial charge is 0.454 e. The predicted molar refractivity (Wildman–Crippen MR) is 83.8 cm³/mol. The van der Waals surface area contributed by atoms with E-state index in [1.807, 2.05) is 60.7 Å². The molecule has 124 valence electrons. The molecule has 2 fully saturated rings. The van der Waals surface area contributed by atoms with E-state index in [4.69, 9.17) is 14.2 Å². The molecule has 1 heterocycles. The van der Waals surface area contributed by atoms with E-state index in [-0.39, 0.29) is 6.61 Å². The minimum absolute atomic E-state index is 0.208. The van der Waals surface area contributed by atoms with Crippen molar-refractivity contribution in [3.05, 3.63) is 71.8 Å². The van der Waals surface area contributed by atoms with Crippen molar-refractivity contribution in [1.29, 1.82) is 0 Å². The molecule has 0 radical (unpaired) electrons. The number of ether oxygens (including phenoxy) is 3. The molecule has 0 amide bonds. The fraction of sp³-hybridized carbons (Fsp3) is 0.316. The molecule has 4 rings (SSSR count). The molecule has 2 aliphatic rings. The fourth-order valence-electron chi connectivity index (χ4n) is 3.13. The number of fused-ring (bicyclic) bond motifs is 1. The molecule has 4 atom stereocenters. The van der Waals surface area contributed by atoms with Crippen LogP contribution in [0.4, 0.5) is 4.39 Å². The maximum atomic E-state index is 14.4. The molecule has 1 aliphatic heterocycles. The van der Waals surface area contributed by atoms with Crippen molar-refractivity contribution in [3.8, 4) is 0 Å². The third-order valence-corrected chi connectivity index (χ3v) is 4.51. The Morgan fingerprint density at radius 1 is 0.958 bits per heavy atom. The second-order valence-electron chi connectivity index (χ2n) is 6.07. The summed E-state index contributed by atoms with van der Waals surface area (Å²) in [5.74, 6) is -0.868. The number of rotatable bonds is 6. The van der Waals surface area contributed by atoms with Gasteiger partial charge in [0.2, 0.25) is 6.17 Å². The van der Waals surface area contributed by atoms with Gasteiger partial charge in [-0.2, -0.15) is 0 Å². The van der Waals surface area contributed by atoms with Crippen LogP contribution in [0.1, 0.15) is 11.1 Å². The molecule has 4 nitrogen and oxygen atoms in total.